The Morgan fingerprint density at radius 2 is 2.14 bits per heavy atom. The first-order valence-corrected chi connectivity index (χ1v) is 7.84. The lowest BCUT2D eigenvalue weighted by atomic mass is 9.94. The molecule has 2 aliphatic heterocycles. The second-order valence-corrected chi connectivity index (χ2v) is 6.56. The van der Waals surface area contributed by atoms with Gasteiger partial charge in [-0.05, 0) is 50.9 Å². The van der Waals surface area contributed by atoms with Gasteiger partial charge in [0.05, 0.1) is 11.4 Å². The third-order valence-electron chi connectivity index (χ3n) is 4.98. The molecule has 2 heterocycles. The summed E-state index contributed by atoms with van der Waals surface area (Å²) in [4.78, 5) is 2.60. The minimum atomic E-state index is -0.242. The first-order chi connectivity index (χ1) is 10.1. The highest BCUT2D eigenvalue weighted by molar-refractivity contribution is 5.66. The third-order valence-corrected chi connectivity index (χ3v) is 4.98. The Morgan fingerprint density at radius 3 is 2.81 bits per heavy atom. The van der Waals surface area contributed by atoms with E-state index in [-0.39, 0.29) is 5.82 Å². The van der Waals surface area contributed by atoms with Crippen LogP contribution >= 0.6 is 0 Å². The van der Waals surface area contributed by atoms with E-state index < -0.39 is 0 Å². The molecule has 21 heavy (non-hydrogen) atoms. The van der Waals surface area contributed by atoms with E-state index in [2.05, 4.69) is 22.5 Å². The van der Waals surface area contributed by atoms with Gasteiger partial charge in [0.25, 0.3) is 0 Å². The van der Waals surface area contributed by atoms with Crippen LogP contribution in [-0.2, 0) is 0 Å². The lowest BCUT2D eigenvalue weighted by molar-refractivity contribution is 0.0922. The number of nitrogen functional groups attached to an aromatic ring is 1. The number of nitrogens with one attached hydrogen (secondary N) is 2. The van der Waals surface area contributed by atoms with Crippen molar-refractivity contribution in [2.45, 2.75) is 37.8 Å². The average molecular weight is 292 g/mol. The molecule has 2 aliphatic rings. The molecule has 0 bridgehead atoms. The fraction of sp³-hybridized carbons (Fsp3) is 0.625. The Balaban J connectivity index is 1.57. The van der Waals surface area contributed by atoms with Gasteiger partial charge in [-0.3, -0.25) is 4.90 Å². The van der Waals surface area contributed by atoms with Crippen LogP contribution in [0.5, 0.6) is 0 Å². The van der Waals surface area contributed by atoms with Crippen molar-refractivity contribution >= 4 is 11.4 Å². The third kappa shape index (κ3) is 3.14. The molecule has 2 fully saturated rings. The molecule has 1 aromatic rings. The van der Waals surface area contributed by atoms with E-state index in [4.69, 9.17) is 5.73 Å². The van der Waals surface area contributed by atoms with Gasteiger partial charge in [0, 0.05) is 31.2 Å². The Labute approximate surface area is 125 Å². The van der Waals surface area contributed by atoms with Gasteiger partial charge in [0.2, 0.25) is 0 Å². The van der Waals surface area contributed by atoms with Crippen LogP contribution in [0.25, 0.3) is 0 Å². The highest BCUT2D eigenvalue weighted by atomic mass is 19.1. The lowest BCUT2D eigenvalue weighted by Crippen LogP contribution is -2.52. The molecule has 0 aliphatic carbocycles. The molecule has 1 atom stereocenters. The molecule has 5 heteroatoms. The minimum Gasteiger partial charge on any atom is -0.397 e. The first kappa shape index (κ1) is 14.6. The number of likely N-dealkylation sites (tertiary alicyclic amines) is 1. The minimum absolute atomic E-state index is 0.242. The Hall–Kier alpha value is -1.33. The second kappa shape index (κ2) is 5.81. The second-order valence-electron chi connectivity index (χ2n) is 6.56. The summed E-state index contributed by atoms with van der Waals surface area (Å²) in [6.07, 6.45) is 3.37. The van der Waals surface area contributed by atoms with Crippen LogP contribution < -0.4 is 16.4 Å². The maximum Gasteiger partial charge on any atom is 0.125 e. The molecule has 4 nitrogen and oxygen atoms in total. The van der Waals surface area contributed by atoms with Crippen LogP contribution in [0.3, 0.4) is 0 Å². The molecule has 0 spiro atoms. The van der Waals surface area contributed by atoms with Crippen molar-refractivity contribution < 1.29 is 4.39 Å². The Morgan fingerprint density at radius 1 is 1.38 bits per heavy atom. The number of hydrogen-bond acceptors (Lipinski definition) is 4. The highest BCUT2D eigenvalue weighted by Gasteiger charge is 2.36. The highest BCUT2D eigenvalue weighted by Crippen LogP contribution is 2.28. The first-order valence-electron chi connectivity index (χ1n) is 7.84. The summed E-state index contributed by atoms with van der Waals surface area (Å²) in [5.74, 6) is -0.242. The average Bonchev–Trinajstić information content (AvgIpc) is 2.92. The number of nitrogens with two attached hydrogens (primary N) is 1. The number of hydrogen-bond donors (Lipinski definition) is 3. The summed E-state index contributed by atoms with van der Waals surface area (Å²) in [7, 11) is 0. The molecule has 0 saturated carbocycles. The Kier molecular flexibility index (Phi) is 4.04. The molecular formula is C16H25FN4. The molecule has 2 saturated heterocycles. The van der Waals surface area contributed by atoms with E-state index in [0.717, 1.165) is 44.7 Å². The van der Waals surface area contributed by atoms with Crippen LogP contribution in [0, 0.1) is 5.82 Å². The molecule has 0 aromatic heterocycles. The SMILES string of the molecule is CC1(N2CCC(Nc3cc(F)ccc3N)CC2)CCNC1. The number of anilines is 2. The molecule has 0 amide bonds. The van der Waals surface area contributed by atoms with Gasteiger partial charge in [-0.25, -0.2) is 4.39 Å². The maximum absolute atomic E-state index is 13.3. The van der Waals surface area contributed by atoms with E-state index >= 15 is 0 Å². The number of halogens is 1. The molecule has 1 unspecified atom stereocenters. The van der Waals surface area contributed by atoms with Gasteiger partial charge in [-0.1, -0.05) is 0 Å². The van der Waals surface area contributed by atoms with Gasteiger partial charge in [0.1, 0.15) is 5.82 Å². The van der Waals surface area contributed by atoms with Gasteiger partial charge >= 0.3 is 0 Å². The number of piperidine rings is 1. The predicted molar refractivity (Wildman–Crippen MR) is 84.9 cm³/mol. The van der Waals surface area contributed by atoms with Gasteiger partial charge in [0.15, 0.2) is 0 Å². The normalized spacial score (nSPS) is 27.9. The van der Waals surface area contributed by atoms with E-state index in [1.807, 2.05) is 0 Å². The van der Waals surface area contributed by atoms with Gasteiger partial charge in [-0.15, -0.1) is 0 Å². The molecular weight excluding hydrogens is 267 g/mol. The zero-order valence-corrected chi connectivity index (χ0v) is 12.7. The van der Waals surface area contributed by atoms with Crippen molar-refractivity contribution in [3.05, 3.63) is 24.0 Å². The number of nitrogens with zero attached hydrogens (tertiary/aromatic N) is 1. The summed E-state index contributed by atoms with van der Waals surface area (Å²) < 4.78 is 13.3. The Bertz CT molecular complexity index is 491. The van der Waals surface area contributed by atoms with Gasteiger partial charge < -0.3 is 16.4 Å². The summed E-state index contributed by atoms with van der Waals surface area (Å²) in [5.41, 5.74) is 7.56. The summed E-state index contributed by atoms with van der Waals surface area (Å²) in [6, 6.07) is 4.89. The summed E-state index contributed by atoms with van der Waals surface area (Å²) in [6.45, 7) is 6.73. The van der Waals surface area contributed by atoms with Crippen molar-refractivity contribution in [1.29, 1.82) is 0 Å². The molecule has 3 rings (SSSR count). The lowest BCUT2D eigenvalue weighted by Gasteiger charge is -2.43. The molecule has 116 valence electrons. The topological polar surface area (TPSA) is 53.3 Å². The number of rotatable bonds is 3. The molecule has 4 N–H and O–H groups in total. The number of benzene rings is 1. The fourth-order valence-corrected chi connectivity index (χ4v) is 3.51. The maximum atomic E-state index is 13.3. The van der Waals surface area contributed by atoms with E-state index in [0.29, 0.717) is 17.3 Å². The van der Waals surface area contributed by atoms with Crippen molar-refractivity contribution in [2.75, 3.05) is 37.2 Å². The van der Waals surface area contributed by atoms with E-state index in [1.165, 1.54) is 18.6 Å². The largest absolute Gasteiger partial charge is 0.397 e. The van der Waals surface area contributed by atoms with Crippen molar-refractivity contribution in [3.63, 3.8) is 0 Å². The standard InChI is InChI=1S/C16H25FN4/c1-16(6-7-19-11-16)21-8-4-13(5-9-21)20-15-10-12(17)2-3-14(15)18/h2-3,10,13,19-20H,4-9,11,18H2,1H3. The smallest absolute Gasteiger partial charge is 0.125 e. The van der Waals surface area contributed by atoms with Crippen molar-refractivity contribution in [3.8, 4) is 0 Å². The molecule has 1 aromatic carbocycles. The quantitative estimate of drug-likeness (QED) is 0.746. The zero-order chi connectivity index (χ0) is 14.9. The zero-order valence-electron chi connectivity index (χ0n) is 12.7. The van der Waals surface area contributed by atoms with Crippen LogP contribution in [0.1, 0.15) is 26.2 Å². The van der Waals surface area contributed by atoms with Crippen LogP contribution in [0.15, 0.2) is 18.2 Å². The van der Waals surface area contributed by atoms with E-state index in [9.17, 15) is 4.39 Å². The van der Waals surface area contributed by atoms with Gasteiger partial charge in [-0.2, -0.15) is 0 Å². The monoisotopic (exact) mass is 292 g/mol. The van der Waals surface area contributed by atoms with Crippen molar-refractivity contribution in [2.24, 2.45) is 0 Å². The molecule has 0 radical (unpaired) electrons. The van der Waals surface area contributed by atoms with Crippen molar-refractivity contribution in [1.82, 2.24) is 10.2 Å². The van der Waals surface area contributed by atoms with Crippen LogP contribution in [-0.4, -0.2) is 42.7 Å². The van der Waals surface area contributed by atoms with Crippen LogP contribution in [0.4, 0.5) is 15.8 Å². The fourth-order valence-electron chi connectivity index (χ4n) is 3.51. The van der Waals surface area contributed by atoms with Crippen LogP contribution in [0.2, 0.25) is 0 Å². The summed E-state index contributed by atoms with van der Waals surface area (Å²) >= 11 is 0. The summed E-state index contributed by atoms with van der Waals surface area (Å²) in [5, 5.41) is 6.87. The predicted octanol–water partition coefficient (Wildman–Crippen LogP) is 2.04. The van der Waals surface area contributed by atoms with E-state index in [1.54, 1.807) is 6.07 Å².